The third-order valence-corrected chi connectivity index (χ3v) is 7.58. The van der Waals surface area contributed by atoms with Gasteiger partial charge in [-0.2, -0.15) is 18.3 Å². The number of likely N-dealkylation sites (N-methyl/N-ethyl adjacent to an activating group) is 1. The summed E-state index contributed by atoms with van der Waals surface area (Å²) in [5, 5.41) is 8.89. The SMILES string of the molecule is CNC(=O)Cn1nc(N2C(=O)c3ccccc3C2=O)c2c(Oc3cc(F)ccc3Cl)c(NC(=O)c3cc(F)cc(C(F)(F)F)c3)ccc21. The number of amides is 4. The van der Waals surface area contributed by atoms with Gasteiger partial charge in [-0.25, -0.2) is 13.7 Å². The van der Waals surface area contributed by atoms with Crippen LogP contribution >= 0.6 is 11.6 Å². The van der Waals surface area contributed by atoms with Crippen LogP contribution in [0, 0.1) is 11.6 Å². The molecule has 0 saturated heterocycles. The van der Waals surface area contributed by atoms with Crippen molar-refractivity contribution in [3.8, 4) is 11.5 Å². The third-order valence-electron chi connectivity index (χ3n) is 7.27. The number of nitrogens with zero attached hydrogens (tertiary/aromatic N) is 3. The van der Waals surface area contributed by atoms with Crippen molar-refractivity contribution in [1.82, 2.24) is 15.1 Å². The summed E-state index contributed by atoms with van der Waals surface area (Å²) in [4.78, 5) is 53.6. The maximum Gasteiger partial charge on any atom is 0.416 e. The van der Waals surface area contributed by atoms with Gasteiger partial charge in [0.1, 0.15) is 23.9 Å². The Bertz CT molecular complexity index is 2150. The van der Waals surface area contributed by atoms with E-state index < -0.39 is 64.9 Å². The number of hydrogen-bond acceptors (Lipinski definition) is 6. The van der Waals surface area contributed by atoms with Gasteiger partial charge in [0.05, 0.1) is 38.3 Å². The maximum absolute atomic E-state index is 14.3. The summed E-state index contributed by atoms with van der Waals surface area (Å²) in [6, 6.07) is 12.8. The number of carbonyl (C=O) groups excluding carboxylic acids is 4. The standard InChI is InChI=1S/C32H19ClF5N5O5/c1-39-25(44)14-42-23-9-8-22(40-29(45)15-10-16(32(36,37)38)12-18(35)11-15)27(48-24-13-17(34)6-7-21(24)33)26(23)28(41-42)43-30(46)19-4-2-3-5-20(19)31(43)47/h2-13H,14H2,1H3,(H,39,44)(H,40,45). The Labute approximate surface area is 271 Å². The average molecular weight is 684 g/mol. The molecule has 0 atom stereocenters. The minimum absolute atomic E-state index is 0.0446. The molecule has 0 saturated carbocycles. The lowest BCUT2D eigenvalue weighted by Crippen LogP contribution is -2.30. The van der Waals surface area contributed by atoms with Gasteiger partial charge in [-0.3, -0.25) is 23.9 Å². The molecule has 0 unspecified atom stereocenters. The van der Waals surface area contributed by atoms with E-state index >= 15 is 0 Å². The van der Waals surface area contributed by atoms with Crippen molar-refractivity contribution >= 4 is 57.6 Å². The van der Waals surface area contributed by atoms with E-state index in [-0.39, 0.29) is 50.4 Å². The number of halogens is 6. The van der Waals surface area contributed by atoms with Gasteiger partial charge < -0.3 is 15.4 Å². The van der Waals surface area contributed by atoms with Crippen LogP contribution in [0.25, 0.3) is 10.9 Å². The largest absolute Gasteiger partial charge is 0.453 e. The van der Waals surface area contributed by atoms with Crippen molar-refractivity contribution in [1.29, 1.82) is 0 Å². The molecule has 1 aliphatic rings. The van der Waals surface area contributed by atoms with Crippen LogP contribution in [0.15, 0.2) is 72.8 Å². The highest BCUT2D eigenvalue weighted by atomic mass is 35.5. The van der Waals surface area contributed by atoms with E-state index in [4.69, 9.17) is 16.3 Å². The van der Waals surface area contributed by atoms with Crippen LogP contribution in [0.2, 0.25) is 5.02 Å². The molecular weight excluding hydrogens is 665 g/mol. The van der Waals surface area contributed by atoms with Crippen molar-refractivity contribution in [2.75, 3.05) is 17.3 Å². The molecular formula is C32H19ClF5N5O5. The van der Waals surface area contributed by atoms with Crippen LogP contribution in [0.3, 0.4) is 0 Å². The second kappa shape index (κ2) is 12.1. The molecule has 6 rings (SSSR count). The summed E-state index contributed by atoms with van der Waals surface area (Å²) < 4.78 is 75.9. The van der Waals surface area contributed by atoms with E-state index in [1.54, 1.807) is 12.1 Å². The number of benzene rings is 4. The lowest BCUT2D eigenvalue weighted by Gasteiger charge is -2.17. The first kappa shape index (κ1) is 32.1. The summed E-state index contributed by atoms with van der Waals surface area (Å²) in [7, 11) is 1.36. The smallest absolute Gasteiger partial charge is 0.416 e. The molecule has 244 valence electrons. The maximum atomic E-state index is 14.3. The van der Waals surface area contributed by atoms with E-state index in [1.807, 2.05) is 0 Å². The normalized spacial score (nSPS) is 12.8. The van der Waals surface area contributed by atoms with Crippen molar-refractivity contribution in [2.24, 2.45) is 0 Å². The van der Waals surface area contributed by atoms with Crippen LogP contribution in [0.5, 0.6) is 11.5 Å². The van der Waals surface area contributed by atoms with Crippen molar-refractivity contribution in [3.63, 3.8) is 0 Å². The predicted octanol–water partition coefficient (Wildman–Crippen LogP) is 6.58. The lowest BCUT2D eigenvalue weighted by atomic mass is 10.1. The summed E-state index contributed by atoms with van der Waals surface area (Å²) in [5.74, 6) is -6.50. The van der Waals surface area contributed by atoms with E-state index in [9.17, 15) is 41.1 Å². The molecule has 2 heterocycles. The topological polar surface area (TPSA) is 123 Å². The summed E-state index contributed by atoms with van der Waals surface area (Å²) in [6.07, 6.45) is -4.97. The molecule has 4 amide bonds. The molecule has 1 aliphatic heterocycles. The number of nitrogens with one attached hydrogen (secondary N) is 2. The minimum atomic E-state index is -4.97. The Balaban J connectivity index is 1.58. The fourth-order valence-electron chi connectivity index (χ4n) is 5.04. The molecule has 16 heteroatoms. The Morgan fingerprint density at radius 2 is 1.60 bits per heavy atom. The van der Waals surface area contributed by atoms with Crippen LogP contribution in [0.1, 0.15) is 36.6 Å². The fraction of sp³-hybridized carbons (Fsp3) is 0.0938. The quantitative estimate of drug-likeness (QED) is 0.148. The summed E-state index contributed by atoms with van der Waals surface area (Å²) in [6.45, 7) is -0.425. The van der Waals surface area contributed by atoms with E-state index in [2.05, 4.69) is 15.7 Å². The summed E-state index contributed by atoms with van der Waals surface area (Å²) >= 11 is 6.28. The second-order valence-corrected chi connectivity index (χ2v) is 10.7. The highest BCUT2D eigenvalue weighted by Crippen LogP contribution is 2.45. The monoisotopic (exact) mass is 683 g/mol. The van der Waals surface area contributed by atoms with Gasteiger partial charge in [-0.15, -0.1) is 0 Å². The lowest BCUT2D eigenvalue weighted by molar-refractivity contribution is -0.137. The molecule has 0 radical (unpaired) electrons. The number of imide groups is 1. The molecule has 0 aliphatic carbocycles. The van der Waals surface area contributed by atoms with Crippen LogP contribution in [-0.2, 0) is 17.5 Å². The highest BCUT2D eigenvalue weighted by molar-refractivity contribution is 6.36. The number of hydrogen-bond donors (Lipinski definition) is 2. The Morgan fingerprint density at radius 1 is 0.917 bits per heavy atom. The average Bonchev–Trinajstić information content (AvgIpc) is 3.52. The number of aromatic nitrogens is 2. The van der Waals surface area contributed by atoms with Gasteiger partial charge in [0.15, 0.2) is 11.6 Å². The molecule has 5 aromatic rings. The molecule has 0 fully saturated rings. The molecule has 2 N–H and O–H groups in total. The molecule has 4 aromatic carbocycles. The number of alkyl halides is 3. The summed E-state index contributed by atoms with van der Waals surface area (Å²) in [5.41, 5.74) is -2.26. The first-order chi connectivity index (χ1) is 22.8. The fourth-order valence-corrected chi connectivity index (χ4v) is 5.20. The van der Waals surface area contributed by atoms with Gasteiger partial charge >= 0.3 is 6.18 Å². The van der Waals surface area contributed by atoms with Gasteiger partial charge in [0.2, 0.25) is 5.91 Å². The Hall–Kier alpha value is -5.83. The molecule has 48 heavy (non-hydrogen) atoms. The van der Waals surface area contributed by atoms with E-state index in [0.29, 0.717) is 12.1 Å². The first-order valence-corrected chi connectivity index (χ1v) is 14.2. The third kappa shape index (κ3) is 5.79. The van der Waals surface area contributed by atoms with Crippen molar-refractivity contribution in [3.05, 3.63) is 112 Å². The van der Waals surface area contributed by atoms with Gasteiger partial charge in [-0.05, 0) is 54.6 Å². The van der Waals surface area contributed by atoms with Gasteiger partial charge in [0.25, 0.3) is 17.7 Å². The number of ether oxygens (including phenoxy) is 1. The molecule has 1 aromatic heterocycles. The van der Waals surface area contributed by atoms with E-state index in [1.165, 1.54) is 31.3 Å². The molecule has 0 spiro atoms. The van der Waals surface area contributed by atoms with E-state index in [0.717, 1.165) is 27.8 Å². The van der Waals surface area contributed by atoms with Gasteiger partial charge in [0, 0.05) is 18.7 Å². The number of anilines is 2. The Morgan fingerprint density at radius 3 is 2.25 bits per heavy atom. The number of carbonyl (C=O) groups is 4. The zero-order valence-electron chi connectivity index (χ0n) is 24.3. The van der Waals surface area contributed by atoms with Crippen molar-refractivity contribution in [2.45, 2.75) is 12.7 Å². The minimum Gasteiger partial charge on any atom is -0.453 e. The molecule has 0 bridgehead atoms. The highest BCUT2D eigenvalue weighted by Gasteiger charge is 2.40. The predicted molar refractivity (Wildman–Crippen MR) is 162 cm³/mol. The first-order valence-electron chi connectivity index (χ1n) is 13.8. The van der Waals surface area contributed by atoms with Crippen LogP contribution in [0.4, 0.5) is 33.5 Å². The molecule has 10 nitrogen and oxygen atoms in total. The second-order valence-electron chi connectivity index (χ2n) is 10.3. The van der Waals surface area contributed by atoms with Crippen molar-refractivity contribution < 1.29 is 45.9 Å². The number of rotatable bonds is 7. The van der Waals surface area contributed by atoms with Crippen LogP contribution in [-0.4, -0.2) is 40.5 Å². The zero-order valence-corrected chi connectivity index (χ0v) is 25.0. The van der Waals surface area contributed by atoms with Gasteiger partial charge in [-0.1, -0.05) is 23.7 Å². The zero-order chi connectivity index (χ0) is 34.5. The van der Waals surface area contributed by atoms with Crippen LogP contribution < -0.4 is 20.3 Å². The Kier molecular flexibility index (Phi) is 8.08. The number of fused-ring (bicyclic) bond motifs is 2.